The van der Waals surface area contributed by atoms with Gasteiger partial charge in [-0.1, -0.05) is 0 Å². The third kappa shape index (κ3) is 2.54. The van der Waals surface area contributed by atoms with Crippen LogP contribution in [0.15, 0.2) is 34.2 Å². The maximum absolute atomic E-state index is 11.4. The number of hydrogen-bond acceptors (Lipinski definition) is 5. The van der Waals surface area contributed by atoms with Crippen LogP contribution in [0.25, 0.3) is 0 Å². The first-order valence-corrected chi connectivity index (χ1v) is 7.45. The molecule has 1 unspecified atom stereocenters. The molecule has 5 nitrogen and oxygen atoms in total. The summed E-state index contributed by atoms with van der Waals surface area (Å²) in [6, 6.07) is 6.56. The summed E-state index contributed by atoms with van der Waals surface area (Å²) in [5.74, 6) is 0.715. The lowest BCUT2D eigenvalue weighted by atomic mass is 10.2. The van der Waals surface area contributed by atoms with E-state index in [9.17, 15) is 13.5 Å². The minimum Gasteiger partial charge on any atom is -0.368 e. The minimum atomic E-state index is -3.18. The summed E-state index contributed by atoms with van der Waals surface area (Å²) in [6.07, 6.45) is 1.18. The number of rotatable bonds is 2. The van der Waals surface area contributed by atoms with Gasteiger partial charge in [0.2, 0.25) is 0 Å². The predicted molar refractivity (Wildman–Crippen MR) is 70.6 cm³/mol. The molecular weight excluding hydrogens is 252 g/mol. The zero-order valence-corrected chi connectivity index (χ0v) is 11.4. The lowest BCUT2D eigenvalue weighted by Crippen LogP contribution is -2.33. The number of aliphatic hydroxyl groups is 1. The molecule has 0 amide bonds. The van der Waals surface area contributed by atoms with Crippen molar-refractivity contribution < 1.29 is 13.5 Å². The van der Waals surface area contributed by atoms with Gasteiger partial charge in [-0.25, -0.2) is 13.4 Å². The van der Waals surface area contributed by atoms with Crippen LogP contribution in [0.1, 0.15) is 13.8 Å². The zero-order valence-electron chi connectivity index (χ0n) is 10.6. The molecule has 1 aromatic carbocycles. The van der Waals surface area contributed by atoms with Crippen LogP contribution in [0.3, 0.4) is 0 Å². The molecule has 1 N–H and O–H groups in total. The number of β-amino-alcohol motifs (C(OH)–C–C–N with tert-alkyl or cyclic N) is 1. The molecule has 1 aromatic rings. The molecule has 1 atom stereocenters. The highest BCUT2D eigenvalue weighted by atomic mass is 32.2. The smallest absolute Gasteiger partial charge is 0.175 e. The Kier molecular flexibility index (Phi) is 2.95. The Balaban J connectivity index is 2.30. The topological polar surface area (TPSA) is 70.0 Å². The number of hydrogen-bond donors (Lipinski definition) is 1. The molecule has 2 rings (SSSR count). The molecule has 0 radical (unpaired) electrons. The number of amidine groups is 1. The largest absolute Gasteiger partial charge is 0.368 e. The fourth-order valence-corrected chi connectivity index (χ4v) is 2.64. The van der Waals surface area contributed by atoms with Crippen molar-refractivity contribution in [1.29, 1.82) is 0 Å². The number of benzene rings is 1. The predicted octanol–water partition coefficient (Wildman–Crippen LogP) is 1.04. The molecule has 1 aliphatic heterocycles. The first-order chi connectivity index (χ1) is 8.19. The maximum Gasteiger partial charge on any atom is 0.175 e. The lowest BCUT2D eigenvalue weighted by Gasteiger charge is -2.21. The average Bonchev–Trinajstić information content (AvgIpc) is 2.51. The van der Waals surface area contributed by atoms with Crippen molar-refractivity contribution in [2.45, 2.75) is 24.5 Å². The highest BCUT2D eigenvalue weighted by molar-refractivity contribution is 7.90. The van der Waals surface area contributed by atoms with Gasteiger partial charge in [0.25, 0.3) is 0 Å². The molecule has 98 valence electrons. The standard InChI is InChI=1S/C12H16N2O3S/c1-9-13-12(2,15)8-14(9)10-4-6-11(7-5-10)18(3,16)17/h4-7,15H,8H2,1-3H3. The fourth-order valence-electron chi connectivity index (χ4n) is 2.01. The highest BCUT2D eigenvalue weighted by Gasteiger charge is 2.31. The van der Waals surface area contributed by atoms with Gasteiger partial charge in [0.05, 0.1) is 11.4 Å². The minimum absolute atomic E-state index is 0.284. The summed E-state index contributed by atoms with van der Waals surface area (Å²) in [6.45, 7) is 3.82. The van der Waals surface area contributed by atoms with Crippen LogP contribution in [0.4, 0.5) is 5.69 Å². The Morgan fingerprint density at radius 2 is 1.89 bits per heavy atom. The third-order valence-corrected chi connectivity index (χ3v) is 3.96. The molecule has 0 aromatic heterocycles. The summed E-state index contributed by atoms with van der Waals surface area (Å²) in [7, 11) is -3.18. The first-order valence-electron chi connectivity index (χ1n) is 5.55. The van der Waals surface area contributed by atoms with Crippen molar-refractivity contribution >= 4 is 21.4 Å². The molecule has 18 heavy (non-hydrogen) atoms. The summed E-state index contributed by atoms with van der Waals surface area (Å²) in [4.78, 5) is 6.27. The van der Waals surface area contributed by atoms with Gasteiger partial charge >= 0.3 is 0 Å². The van der Waals surface area contributed by atoms with Crippen LogP contribution in [0.5, 0.6) is 0 Å². The van der Waals surface area contributed by atoms with Crippen molar-refractivity contribution in [2.24, 2.45) is 4.99 Å². The quantitative estimate of drug-likeness (QED) is 0.870. The molecule has 0 saturated carbocycles. The number of anilines is 1. The highest BCUT2D eigenvalue weighted by Crippen LogP contribution is 2.25. The summed E-state index contributed by atoms with van der Waals surface area (Å²) >= 11 is 0. The van der Waals surface area contributed by atoms with E-state index in [-0.39, 0.29) is 4.90 Å². The van der Waals surface area contributed by atoms with E-state index in [1.807, 2.05) is 11.8 Å². The van der Waals surface area contributed by atoms with Crippen LogP contribution in [0, 0.1) is 0 Å². The van der Waals surface area contributed by atoms with E-state index in [1.165, 1.54) is 6.26 Å². The van der Waals surface area contributed by atoms with Gasteiger partial charge in [-0.2, -0.15) is 0 Å². The lowest BCUT2D eigenvalue weighted by molar-refractivity contribution is 0.0879. The van der Waals surface area contributed by atoms with E-state index in [0.29, 0.717) is 12.4 Å². The maximum atomic E-state index is 11.4. The summed E-state index contributed by atoms with van der Waals surface area (Å²) in [5, 5.41) is 9.86. The Morgan fingerprint density at radius 1 is 1.33 bits per heavy atom. The van der Waals surface area contributed by atoms with Gasteiger partial charge in [0.1, 0.15) is 5.84 Å². The van der Waals surface area contributed by atoms with E-state index in [2.05, 4.69) is 4.99 Å². The normalized spacial score (nSPS) is 24.2. The molecule has 0 aliphatic carbocycles. The Morgan fingerprint density at radius 3 is 2.28 bits per heavy atom. The van der Waals surface area contributed by atoms with Crippen LogP contribution >= 0.6 is 0 Å². The van der Waals surface area contributed by atoms with Crippen molar-refractivity contribution in [3.8, 4) is 0 Å². The van der Waals surface area contributed by atoms with Crippen molar-refractivity contribution in [3.05, 3.63) is 24.3 Å². The molecule has 6 heteroatoms. The van der Waals surface area contributed by atoms with Gasteiger partial charge < -0.3 is 10.0 Å². The fraction of sp³-hybridized carbons (Fsp3) is 0.417. The molecule has 0 saturated heterocycles. The first kappa shape index (κ1) is 13.0. The van der Waals surface area contributed by atoms with Crippen LogP contribution < -0.4 is 4.90 Å². The van der Waals surface area contributed by atoms with Crippen molar-refractivity contribution in [1.82, 2.24) is 0 Å². The van der Waals surface area contributed by atoms with Gasteiger partial charge in [0.15, 0.2) is 15.6 Å². The second-order valence-corrected chi connectivity index (χ2v) is 6.74. The van der Waals surface area contributed by atoms with Gasteiger partial charge in [-0.05, 0) is 38.1 Å². The van der Waals surface area contributed by atoms with E-state index >= 15 is 0 Å². The monoisotopic (exact) mass is 268 g/mol. The third-order valence-electron chi connectivity index (χ3n) is 2.83. The summed E-state index contributed by atoms with van der Waals surface area (Å²) < 4.78 is 22.7. The van der Waals surface area contributed by atoms with Crippen LogP contribution in [-0.4, -0.2) is 37.9 Å². The van der Waals surface area contributed by atoms with E-state index < -0.39 is 15.6 Å². The van der Waals surface area contributed by atoms with Crippen LogP contribution in [-0.2, 0) is 9.84 Å². The summed E-state index contributed by atoms with van der Waals surface area (Å²) in [5.41, 5.74) is -0.263. The Hall–Kier alpha value is -1.40. The molecule has 0 fully saturated rings. The molecule has 1 aliphatic rings. The van der Waals surface area contributed by atoms with E-state index in [0.717, 1.165) is 5.69 Å². The zero-order chi connectivity index (χ0) is 13.6. The second kappa shape index (κ2) is 4.07. The second-order valence-electron chi connectivity index (χ2n) is 4.73. The molecular formula is C12H16N2O3S. The van der Waals surface area contributed by atoms with Gasteiger partial charge in [-0.3, -0.25) is 0 Å². The molecule has 1 heterocycles. The van der Waals surface area contributed by atoms with Crippen molar-refractivity contribution in [3.63, 3.8) is 0 Å². The molecule has 0 spiro atoms. The van der Waals surface area contributed by atoms with E-state index in [4.69, 9.17) is 0 Å². The SMILES string of the molecule is CC1=NC(C)(O)CN1c1ccc(S(C)(=O)=O)cc1. The number of sulfone groups is 1. The Labute approximate surface area is 107 Å². The average molecular weight is 268 g/mol. The molecule has 0 bridgehead atoms. The van der Waals surface area contributed by atoms with Gasteiger partial charge in [-0.15, -0.1) is 0 Å². The Bertz CT molecular complexity index is 588. The van der Waals surface area contributed by atoms with Gasteiger partial charge in [0, 0.05) is 11.9 Å². The van der Waals surface area contributed by atoms with Crippen LogP contribution in [0.2, 0.25) is 0 Å². The number of aliphatic imine (C=N–C) groups is 1. The van der Waals surface area contributed by atoms with Crippen molar-refractivity contribution in [2.75, 3.05) is 17.7 Å². The number of nitrogens with zero attached hydrogens (tertiary/aromatic N) is 2. The van der Waals surface area contributed by atoms with E-state index in [1.54, 1.807) is 31.2 Å².